The maximum atomic E-state index is 11.2. The molecular weight excluding hydrogens is 216 g/mol. The molecule has 0 radical (unpaired) electrons. The molecule has 5 N–H and O–H groups in total. The summed E-state index contributed by atoms with van der Waals surface area (Å²) in [4.78, 5) is 31.8. The van der Waals surface area contributed by atoms with Crippen LogP contribution in [0.25, 0.3) is 0 Å². The van der Waals surface area contributed by atoms with Crippen molar-refractivity contribution in [2.24, 2.45) is 5.73 Å². The Kier molecular flexibility index (Phi) is 6.09. The molecule has 0 aliphatic rings. The number of carboxylic acid groups (broad SMARTS) is 2. The second-order valence-corrected chi connectivity index (χ2v) is 3.55. The highest BCUT2D eigenvalue weighted by Gasteiger charge is 2.17. The van der Waals surface area contributed by atoms with Crippen LogP contribution < -0.4 is 11.1 Å². The molecule has 0 saturated carbocycles. The van der Waals surface area contributed by atoms with Crippen molar-refractivity contribution in [1.82, 2.24) is 5.32 Å². The number of carboxylic acids is 2. The van der Waals surface area contributed by atoms with Crippen molar-refractivity contribution in [1.29, 1.82) is 0 Å². The molecule has 0 aromatic heterocycles. The quantitative estimate of drug-likeness (QED) is 0.452. The van der Waals surface area contributed by atoms with Crippen molar-refractivity contribution < 1.29 is 24.6 Å². The van der Waals surface area contributed by atoms with Crippen molar-refractivity contribution in [2.75, 3.05) is 0 Å². The molecule has 0 aliphatic carbocycles. The molecular formula is C9H16N2O5. The lowest BCUT2D eigenvalue weighted by Gasteiger charge is -2.13. The Labute approximate surface area is 92.6 Å². The summed E-state index contributed by atoms with van der Waals surface area (Å²) in [6, 6.07) is -1.55. The number of amides is 1. The van der Waals surface area contributed by atoms with Crippen LogP contribution >= 0.6 is 0 Å². The number of hydrogen-bond donors (Lipinski definition) is 4. The van der Waals surface area contributed by atoms with E-state index in [1.165, 1.54) is 0 Å². The molecule has 2 atom stereocenters. The fourth-order valence-electron chi connectivity index (χ4n) is 1.03. The molecule has 7 nitrogen and oxygen atoms in total. The van der Waals surface area contributed by atoms with Crippen molar-refractivity contribution in [3.05, 3.63) is 0 Å². The van der Waals surface area contributed by atoms with E-state index in [1.807, 2.05) is 0 Å². The zero-order valence-corrected chi connectivity index (χ0v) is 8.97. The van der Waals surface area contributed by atoms with Crippen LogP contribution in [0.4, 0.5) is 0 Å². The number of carbonyl (C=O) groups excluding carboxylic acids is 1. The van der Waals surface area contributed by atoms with Crippen molar-refractivity contribution >= 4 is 17.8 Å². The summed E-state index contributed by atoms with van der Waals surface area (Å²) in [6.45, 7) is 1.65. The third kappa shape index (κ3) is 6.77. The van der Waals surface area contributed by atoms with Gasteiger partial charge in [-0.15, -0.1) is 0 Å². The Morgan fingerprint density at radius 1 is 1.31 bits per heavy atom. The molecule has 0 fully saturated rings. The van der Waals surface area contributed by atoms with Crippen LogP contribution in [0.2, 0.25) is 0 Å². The molecule has 0 rings (SSSR count). The summed E-state index contributed by atoms with van der Waals surface area (Å²) in [5.74, 6) is -2.68. The minimum atomic E-state index is -1.24. The Bertz CT molecular complexity index is 279. The lowest BCUT2D eigenvalue weighted by atomic mass is 10.1. The van der Waals surface area contributed by atoms with Gasteiger partial charge in [0.15, 0.2) is 0 Å². The van der Waals surface area contributed by atoms with Crippen LogP contribution in [0.5, 0.6) is 0 Å². The van der Waals surface area contributed by atoms with Gasteiger partial charge in [-0.1, -0.05) is 0 Å². The molecule has 0 aromatic carbocycles. The number of aliphatic carboxylic acids is 2. The normalized spacial score (nSPS) is 13.9. The van der Waals surface area contributed by atoms with Gasteiger partial charge >= 0.3 is 11.9 Å². The van der Waals surface area contributed by atoms with Gasteiger partial charge in [0.1, 0.15) is 6.04 Å². The van der Waals surface area contributed by atoms with Crippen LogP contribution in [0.3, 0.4) is 0 Å². The highest BCUT2D eigenvalue weighted by molar-refractivity contribution is 5.84. The minimum Gasteiger partial charge on any atom is -0.481 e. The summed E-state index contributed by atoms with van der Waals surface area (Å²) >= 11 is 0. The molecule has 7 heteroatoms. The Balaban J connectivity index is 3.86. The minimum absolute atomic E-state index is 0.0492. The van der Waals surface area contributed by atoms with E-state index < -0.39 is 23.9 Å². The van der Waals surface area contributed by atoms with Gasteiger partial charge in [-0.25, -0.2) is 0 Å². The van der Waals surface area contributed by atoms with Crippen LogP contribution in [0, 0.1) is 0 Å². The fraction of sp³-hybridized carbons (Fsp3) is 0.667. The van der Waals surface area contributed by atoms with Crippen molar-refractivity contribution in [2.45, 2.75) is 38.3 Å². The van der Waals surface area contributed by atoms with Gasteiger partial charge in [0.2, 0.25) is 5.91 Å². The molecule has 0 aliphatic heterocycles. The topological polar surface area (TPSA) is 130 Å². The Morgan fingerprint density at radius 2 is 1.88 bits per heavy atom. The van der Waals surface area contributed by atoms with E-state index in [1.54, 1.807) is 6.92 Å². The largest absolute Gasteiger partial charge is 0.481 e. The maximum Gasteiger partial charge on any atom is 0.321 e. The van der Waals surface area contributed by atoms with Crippen LogP contribution in [0.1, 0.15) is 26.2 Å². The summed E-state index contributed by atoms with van der Waals surface area (Å²) in [5, 5.41) is 19.3. The van der Waals surface area contributed by atoms with Gasteiger partial charge in [0, 0.05) is 12.5 Å². The van der Waals surface area contributed by atoms with Gasteiger partial charge in [-0.2, -0.15) is 0 Å². The van der Waals surface area contributed by atoms with Gasteiger partial charge in [-0.05, 0) is 13.3 Å². The molecule has 1 amide bonds. The first-order chi connectivity index (χ1) is 7.32. The van der Waals surface area contributed by atoms with E-state index in [0.717, 1.165) is 0 Å². The number of nitrogens with one attached hydrogen (secondary N) is 1. The average molecular weight is 232 g/mol. The summed E-state index contributed by atoms with van der Waals surface area (Å²) in [6.07, 6.45) is -0.0669. The SMILES string of the molecule is C[C@@H](CCC(=O)O)NC(=O)C[C@H](N)C(=O)O. The highest BCUT2D eigenvalue weighted by atomic mass is 16.4. The van der Waals surface area contributed by atoms with Gasteiger partial charge in [0.25, 0.3) is 0 Å². The zero-order valence-electron chi connectivity index (χ0n) is 8.97. The average Bonchev–Trinajstić information content (AvgIpc) is 2.14. The van der Waals surface area contributed by atoms with Gasteiger partial charge < -0.3 is 21.3 Å². The molecule has 0 spiro atoms. The molecule has 0 bridgehead atoms. The lowest BCUT2D eigenvalue weighted by Crippen LogP contribution is -2.40. The smallest absolute Gasteiger partial charge is 0.321 e. The predicted molar refractivity (Wildman–Crippen MR) is 54.7 cm³/mol. The van der Waals surface area contributed by atoms with E-state index in [0.29, 0.717) is 6.42 Å². The third-order valence-corrected chi connectivity index (χ3v) is 1.92. The summed E-state index contributed by atoms with van der Waals surface area (Å²) in [5.41, 5.74) is 5.16. The number of rotatable bonds is 7. The highest BCUT2D eigenvalue weighted by Crippen LogP contribution is 1.97. The molecule has 0 heterocycles. The number of hydrogen-bond acceptors (Lipinski definition) is 4. The fourth-order valence-corrected chi connectivity index (χ4v) is 1.03. The van der Waals surface area contributed by atoms with Crippen molar-refractivity contribution in [3.8, 4) is 0 Å². The van der Waals surface area contributed by atoms with E-state index in [9.17, 15) is 14.4 Å². The second-order valence-electron chi connectivity index (χ2n) is 3.55. The van der Waals surface area contributed by atoms with E-state index >= 15 is 0 Å². The van der Waals surface area contributed by atoms with Gasteiger partial charge in [0.05, 0.1) is 6.42 Å². The third-order valence-electron chi connectivity index (χ3n) is 1.92. The first-order valence-electron chi connectivity index (χ1n) is 4.82. The van der Waals surface area contributed by atoms with Gasteiger partial charge in [-0.3, -0.25) is 14.4 Å². The van der Waals surface area contributed by atoms with Crippen LogP contribution in [0.15, 0.2) is 0 Å². The zero-order chi connectivity index (χ0) is 12.7. The van der Waals surface area contributed by atoms with Crippen molar-refractivity contribution in [3.63, 3.8) is 0 Å². The first-order valence-corrected chi connectivity index (χ1v) is 4.82. The molecule has 0 saturated heterocycles. The lowest BCUT2D eigenvalue weighted by molar-refractivity contribution is -0.140. The molecule has 0 aromatic rings. The molecule has 0 unspecified atom stereocenters. The molecule has 16 heavy (non-hydrogen) atoms. The predicted octanol–water partition coefficient (Wildman–Crippen LogP) is -0.842. The summed E-state index contributed by atoms with van der Waals surface area (Å²) in [7, 11) is 0. The van der Waals surface area contributed by atoms with E-state index in [-0.39, 0.29) is 18.9 Å². The molecule has 92 valence electrons. The van der Waals surface area contributed by atoms with E-state index in [2.05, 4.69) is 5.32 Å². The first kappa shape index (κ1) is 14.4. The standard InChI is InChI=1S/C9H16N2O5/c1-5(2-3-8(13)14)11-7(12)4-6(10)9(15)16/h5-6H,2-4,10H2,1H3,(H,11,12)(H,13,14)(H,15,16)/t5-,6-/m0/s1. The number of nitrogens with two attached hydrogens (primary N) is 1. The monoisotopic (exact) mass is 232 g/mol. The Morgan fingerprint density at radius 3 is 2.31 bits per heavy atom. The van der Waals surface area contributed by atoms with E-state index in [4.69, 9.17) is 15.9 Å². The Hall–Kier alpha value is -1.63. The maximum absolute atomic E-state index is 11.2. The van der Waals surface area contributed by atoms with Crippen LogP contribution in [-0.2, 0) is 14.4 Å². The summed E-state index contributed by atoms with van der Waals surface area (Å²) < 4.78 is 0. The second kappa shape index (κ2) is 6.78. The number of carbonyl (C=O) groups is 3. The van der Waals surface area contributed by atoms with Crippen LogP contribution in [-0.4, -0.2) is 40.1 Å².